The topological polar surface area (TPSA) is 33.1 Å². The second kappa shape index (κ2) is 6.15. The summed E-state index contributed by atoms with van der Waals surface area (Å²) in [5, 5.41) is 10.8. The Labute approximate surface area is 131 Å². The Morgan fingerprint density at radius 3 is 2.55 bits per heavy atom. The van der Waals surface area contributed by atoms with E-state index in [0.29, 0.717) is 5.41 Å². The van der Waals surface area contributed by atoms with Gasteiger partial charge in [0.2, 0.25) is 0 Å². The molecule has 112 valence electrons. The summed E-state index contributed by atoms with van der Waals surface area (Å²) >= 11 is 3.45. The molecule has 2 rings (SSSR count). The van der Waals surface area contributed by atoms with Gasteiger partial charge in [-0.1, -0.05) is 27.2 Å². The van der Waals surface area contributed by atoms with Crippen LogP contribution in [0.1, 0.15) is 58.4 Å². The third kappa shape index (κ3) is 3.82. The SMILES string of the molecule is CCC(C)(C)C1CCC(O)(Cc2cncc(Br)c2)CC1. The summed E-state index contributed by atoms with van der Waals surface area (Å²) in [4.78, 5) is 4.19. The van der Waals surface area contributed by atoms with Gasteiger partial charge >= 0.3 is 0 Å². The van der Waals surface area contributed by atoms with Crippen LogP contribution in [0.2, 0.25) is 0 Å². The van der Waals surface area contributed by atoms with E-state index in [2.05, 4.69) is 47.8 Å². The maximum Gasteiger partial charge on any atom is 0.0688 e. The quantitative estimate of drug-likeness (QED) is 0.858. The van der Waals surface area contributed by atoms with Gasteiger partial charge < -0.3 is 5.11 Å². The van der Waals surface area contributed by atoms with Gasteiger partial charge in [-0.05, 0) is 64.6 Å². The van der Waals surface area contributed by atoms with Crippen molar-refractivity contribution in [1.82, 2.24) is 4.98 Å². The van der Waals surface area contributed by atoms with Crippen molar-refractivity contribution in [3.8, 4) is 0 Å². The molecule has 0 radical (unpaired) electrons. The standard InChI is InChI=1S/C17H26BrNO/c1-4-16(2,3)14-5-7-17(20,8-6-14)10-13-9-15(18)12-19-11-13/h9,11-12,14,20H,4-8,10H2,1-3H3. The first-order valence-corrected chi connectivity index (χ1v) is 8.46. The molecular formula is C17H26BrNO. The smallest absolute Gasteiger partial charge is 0.0688 e. The summed E-state index contributed by atoms with van der Waals surface area (Å²) in [5.74, 6) is 0.744. The molecule has 0 saturated heterocycles. The molecule has 1 aromatic heterocycles. The first kappa shape index (κ1) is 16.0. The Balaban J connectivity index is 1.98. The lowest BCUT2D eigenvalue weighted by molar-refractivity contribution is -0.0276. The molecule has 1 aliphatic rings. The molecule has 1 fully saturated rings. The van der Waals surface area contributed by atoms with Crippen LogP contribution in [-0.4, -0.2) is 15.7 Å². The minimum Gasteiger partial charge on any atom is -0.390 e. The van der Waals surface area contributed by atoms with Crippen molar-refractivity contribution in [3.05, 3.63) is 28.5 Å². The third-order valence-corrected chi connectivity index (χ3v) is 5.66. The van der Waals surface area contributed by atoms with Crippen molar-refractivity contribution in [1.29, 1.82) is 0 Å². The molecule has 20 heavy (non-hydrogen) atoms. The number of pyridine rings is 1. The number of hydrogen-bond donors (Lipinski definition) is 1. The van der Waals surface area contributed by atoms with Gasteiger partial charge in [0.1, 0.15) is 0 Å². The van der Waals surface area contributed by atoms with Crippen LogP contribution in [-0.2, 0) is 6.42 Å². The Morgan fingerprint density at radius 1 is 1.35 bits per heavy atom. The van der Waals surface area contributed by atoms with Gasteiger partial charge in [0, 0.05) is 23.3 Å². The van der Waals surface area contributed by atoms with Crippen LogP contribution >= 0.6 is 15.9 Å². The first-order chi connectivity index (χ1) is 9.35. The molecule has 0 bridgehead atoms. The fourth-order valence-electron chi connectivity index (χ4n) is 3.33. The molecular weight excluding hydrogens is 314 g/mol. The van der Waals surface area contributed by atoms with E-state index >= 15 is 0 Å². The van der Waals surface area contributed by atoms with Gasteiger partial charge in [-0.2, -0.15) is 0 Å². The second-order valence-electron chi connectivity index (χ2n) is 7.03. The fraction of sp³-hybridized carbons (Fsp3) is 0.706. The molecule has 0 unspecified atom stereocenters. The molecule has 0 aliphatic heterocycles. The Bertz CT molecular complexity index is 450. The van der Waals surface area contributed by atoms with E-state index in [4.69, 9.17) is 0 Å². The zero-order chi connectivity index (χ0) is 14.8. The summed E-state index contributed by atoms with van der Waals surface area (Å²) < 4.78 is 0.986. The predicted molar refractivity (Wildman–Crippen MR) is 86.6 cm³/mol. The van der Waals surface area contributed by atoms with Gasteiger partial charge in [-0.15, -0.1) is 0 Å². The molecule has 0 amide bonds. The van der Waals surface area contributed by atoms with E-state index < -0.39 is 5.60 Å². The lowest BCUT2D eigenvalue weighted by Crippen LogP contribution is -2.39. The van der Waals surface area contributed by atoms with Crippen molar-refractivity contribution < 1.29 is 5.11 Å². The normalized spacial score (nSPS) is 27.6. The number of aliphatic hydroxyl groups is 1. The van der Waals surface area contributed by atoms with Gasteiger partial charge in [-0.25, -0.2) is 0 Å². The maximum atomic E-state index is 10.8. The van der Waals surface area contributed by atoms with Crippen molar-refractivity contribution in [2.45, 2.75) is 64.9 Å². The lowest BCUT2D eigenvalue weighted by Gasteiger charge is -2.42. The Hall–Kier alpha value is -0.410. The summed E-state index contributed by atoms with van der Waals surface area (Å²) in [6, 6.07) is 2.06. The number of rotatable bonds is 4. The van der Waals surface area contributed by atoms with Crippen LogP contribution in [0.4, 0.5) is 0 Å². The van der Waals surface area contributed by atoms with Crippen LogP contribution in [0.3, 0.4) is 0 Å². The van der Waals surface area contributed by atoms with Gasteiger partial charge in [0.05, 0.1) is 5.60 Å². The molecule has 1 aliphatic carbocycles. The number of halogens is 1. The molecule has 0 spiro atoms. The molecule has 1 N–H and O–H groups in total. The second-order valence-corrected chi connectivity index (χ2v) is 7.94. The first-order valence-electron chi connectivity index (χ1n) is 7.66. The molecule has 3 heteroatoms. The summed E-state index contributed by atoms with van der Waals surface area (Å²) in [6.45, 7) is 6.99. The number of aromatic nitrogens is 1. The largest absolute Gasteiger partial charge is 0.390 e. The van der Waals surface area contributed by atoms with E-state index in [9.17, 15) is 5.11 Å². The van der Waals surface area contributed by atoms with Crippen molar-refractivity contribution in [3.63, 3.8) is 0 Å². The van der Waals surface area contributed by atoms with E-state index in [1.807, 2.05) is 6.20 Å². The average Bonchev–Trinajstić information content (AvgIpc) is 2.39. The molecule has 1 aromatic rings. The van der Waals surface area contributed by atoms with Crippen LogP contribution < -0.4 is 0 Å². The molecule has 0 atom stereocenters. The van der Waals surface area contributed by atoms with E-state index in [-0.39, 0.29) is 0 Å². The zero-order valence-electron chi connectivity index (χ0n) is 12.8. The fourth-order valence-corrected chi connectivity index (χ4v) is 3.75. The zero-order valence-corrected chi connectivity index (χ0v) is 14.4. The lowest BCUT2D eigenvalue weighted by atomic mass is 9.65. The highest BCUT2D eigenvalue weighted by atomic mass is 79.9. The summed E-state index contributed by atoms with van der Waals surface area (Å²) in [5.41, 5.74) is 0.983. The monoisotopic (exact) mass is 339 g/mol. The molecule has 1 heterocycles. The molecule has 1 saturated carbocycles. The minimum atomic E-state index is -0.539. The number of hydrogen-bond acceptors (Lipinski definition) is 2. The Kier molecular flexibility index (Phi) is 4.91. The Morgan fingerprint density at radius 2 is 2.00 bits per heavy atom. The van der Waals surface area contributed by atoms with Crippen LogP contribution in [0, 0.1) is 11.3 Å². The van der Waals surface area contributed by atoms with E-state index in [0.717, 1.165) is 48.1 Å². The van der Waals surface area contributed by atoms with Crippen LogP contribution in [0.25, 0.3) is 0 Å². The van der Waals surface area contributed by atoms with Gasteiger partial charge in [-0.3, -0.25) is 4.98 Å². The highest BCUT2D eigenvalue weighted by molar-refractivity contribution is 9.10. The van der Waals surface area contributed by atoms with Gasteiger partial charge in [0.15, 0.2) is 0 Å². The van der Waals surface area contributed by atoms with Gasteiger partial charge in [0.25, 0.3) is 0 Å². The number of nitrogens with zero attached hydrogens (tertiary/aromatic N) is 1. The minimum absolute atomic E-state index is 0.401. The van der Waals surface area contributed by atoms with Crippen molar-refractivity contribution in [2.75, 3.05) is 0 Å². The third-order valence-electron chi connectivity index (χ3n) is 5.23. The summed E-state index contributed by atoms with van der Waals surface area (Å²) in [7, 11) is 0. The highest BCUT2D eigenvalue weighted by Crippen LogP contribution is 2.44. The maximum absolute atomic E-state index is 10.8. The van der Waals surface area contributed by atoms with E-state index in [1.54, 1.807) is 6.20 Å². The highest BCUT2D eigenvalue weighted by Gasteiger charge is 2.38. The van der Waals surface area contributed by atoms with Crippen molar-refractivity contribution >= 4 is 15.9 Å². The summed E-state index contributed by atoms with van der Waals surface area (Å²) in [6.07, 6.45) is 9.68. The van der Waals surface area contributed by atoms with Crippen LogP contribution in [0.15, 0.2) is 22.9 Å². The average molecular weight is 340 g/mol. The van der Waals surface area contributed by atoms with E-state index in [1.165, 1.54) is 6.42 Å². The molecule has 0 aromatic carbocycles. The van der Waals surface area contributed by atoms with Crippen molar-refractivity contribution in [2.24, 2.45) is 11.3 Å². The predicted octanol–water partition coefficient (Wildman–Crippen LogP) is 4.74. The molecule has 2 nitrogen and oxygen atoms in total. The van der Waals surface area contributed by atoms with Crippen LogP contribution in [0.5, 0.6) is 0 Å².